The minimum absolute atomic E-state index is 0.0609. The molecule has 27 heavy (non-hydrogen) atoms. The van der Waals surface area contributed by atoms with Gasteiger partial charge in [-0.25, -0.2) is 8.42 Å². The third-order valence-corrected chi connectivity index (χ3v) is 7.95. The maximum atomic E-state index is 13.7. The van der Waals surface area contributed by atoms with Crippen molar-refractivity contribution in [1.82, 2.24) is 4.31 Å². The van der Waals surface area contributed by atoms with Crippen molar-refractivity contribution in [3.05, 3.63) is 65.7 Å². The Labute approximate surface area is 160 Å². The Bertz CT molecular complexity index is 1000. The number of Topliss-reactive ketones (excluding diaryl/α,β-unsaturated/α-hetero) is 1. The Morgan fingerprint density at radius 1 is 1.00 bits per heavy atom. The van der Waals surface area contributed by atoms with Gasteiger partial charge in [-0.3, -0.25) is 4.79 Å². The van der Waals surface area contributed by atoms with Crippen molar-refractivity contribution in [2.24, 2.45) is 5.92 Å². The molecule has 4 atom stereocenters. The predicted molar refractivity (Wildman–Crippen MR) is 101 cm³/mol. The fraction of sp³-hybridized carbons (Fsp3) is 0.381. The minimum atomic E-state index is -3.88. The number of nitrogens with zero attached hydrogens (tertiary/aromatic N) is 1. The number of aryl methyl sites for hydroxylation is 1. The molecule has 0 amide bonds. The van der Waals surface area contributed by atoms with Crippen molar-refractivity contribution < 1.29 is 17.9 Å². The molecule has 2 aliphatic rings. The molecular weight excluding hydrogens is 362 g/mol. The molecule has 2 aromatic rings. The van der Waals surface area contributed by atoms with Gasteiger partial charge in [0.15, 0.2) is 5.78 Å². The van der Waals surface area contributed by atoms with E-state index in [1.165, 1.54) is 4.31 Å². The van der Waals surface area contributed by atoms with Crippen molar-refractivity contribution in [3.8, 4) is 0 Å². The van der Waals surface area contributed by atoms with Crippen molar-refractivity contribution in [2.75, 3.05) is 0 Å². The number of piperidine rings is 1. The van der Waals surface area contributed by atoms with Gasteiger partial charge in [-0.05, 0) is 38.5 Å². The second-order valence-corrected chi connectivity index (χ2v) is 9.59. The van der Waals surface area contributed by atoms with E-state index in [9.17, 15) is 13.2 Å². The molecule has 0 saturated carbocycles. The number of fused-ring (bicyclic) bond motifs is 2. The van der Waals surface area contributed by atoms with Gasteiger partial charge in [0.2, 0.25) is 10.0 Å². The first-order valence-corrected chi connectivity index (χ1v) is 10.5. The molecule has 5 nitrogen and oxygen atoms in total. The topological polar surface area (TPSA) is 63.7 Å². The summed E-state index contributed by atoms with van der Waals surface area (Å²) in [7, 11) is -3.88. The van der Waals surface area contributed by atoms with Crippen LogP contribution in [-0.2, 0) is 19.6 Å². The Hall–Kier alpha value is -2.02. The van der Waals surface area contributed by atoms with Crippen molar-refractivity contribution in [1.29, 1.82) is 0 Å². The smallest absolute Gasteiger partial charge is 0.246 e. The quantitative estimate of drug-likeness (QED) is 0.812. The van der Waals surface area contributed by atoms with Gasteiger partial charge in [0, 0.05) is 0 Å². The summed E-state index contributed by atoms with van der Waals surface area (Å²) in [6.07, 6.45) is 0. The molecule has 0 aromatic heterocycles. The maximum Gasteiger partial charge on any atom is 0.246 e. The van der Waals surface area contributed by atoms with Crippen molar-refractivity contribution >= 4 is 15.8 Å². The molecule has 2 saturated heterocycles. The molecule has 0 spiro atoms. The Morgan fingerprint density at radius 3 is 2.19 bits per heavy atom. The number of ketones is 1. The van der Waals surface area contributed by atoms with Crippen molar-refractivity contribution in [3.63, 3.8) is 0 Å². The zero-order valence-corrected chi connectivity index (χ0v) is 16.7. The molecule has 2 fully saturated rings. The third kappa shape index (κ3) is 2.37. The predicted octanol–water partition coefficient (Wildman–Crippen LogP) is 3.45. The maximum absolute atomic E-state index is 13.7. The van der Waals surface area contributed by atoms with Crippen LogP contribution >= 0.6 is 0 Å². The van der Waals surface area contributed by atoms with E-state index >= 15 is 0 Å². The van der Waals surface area contributed by atoms with Gasteiger partial charge in [-0.15, -0.1) is 0 Å². The average molecular weight is 385 g/mol. The number of benzene rings is 2. The molecule has 142 valence electrons. The zero-order chi connectivity index (χ0) is 19.6. The normalized spacial score (nSPS) is 33.6. The van der Waals surface area contributed by atoms with E-state index in [0.717, 1.165) is 11.1 Å². The monoisotopic (exact) mass is 385 g/mol. The first-order chi connectivity index (χ1) is 12.6. The lowest BCUT2D eigenvalue weighted by molar-refractivity contribution is -0.132. The van der Waals surface area contributed by atoms with E-state index in [0.29, 0.717) is 0 Å². The summed E-state index contributed by atoms with van der Waals surface area (Å²) in [5.41, 5.74) is -0.710. The molecule has 2 aromatic carbocycles. The van der Waals surface area contributed by atoms with Crippen LogP contribution in [-0.4, -0.2) is 29.8 Å². The van der Waals surface area contributed by atoms with E-state index in [-0.39, 0.29) is 10.7 Å². The lowest BCUT2D eigenvalue weighted by atomic mass is 9.78. The molecule has 6 heteroatoms. The van der Waals surface area contributed by atoms with Crippen LogP contribution in [0.15, 0.2) is 59.5 Å². The van der Waals surface area contributed by atoms with E-state index < -0.39 is 33.3 Å². The lowest BCUT2D eigenvalue weighted by Crippen LogP contribution is -2.57. The highest BCUT2D eigenvalue weighted by atomic mass is 32.2. The zero-order valence-electron chi connectivity index (χ0n) is 15.8. The van der Waals surface area contributed by atoms with Crippen LogP contribution < -0.4 is 0 Å². The largest absolute Gasteiger partial charge is 0.343 e. The van der Waals surface area contributed by atoms with Gasteiger partial charge in [-0.1, -0.05) is 55.0 Å². The summed E-state index contributed by atoms with van der Waals surface area (Å²) < 4.78 is 34.9. The number of carbonyl (C=O) groups excluding carboxylic acids is 1. The van der Waals surface area contributed by atoms with Crippen LogP contribution in [0.5, 0.6) is 0 Å². The Kier molecular flexibility index (Phi) is 3.90. The van der Waals surface area contributed by atoms with Gasteiger partial charge in [0.25, 0.3) is 0 Å². The van der Waals surface area contributed by atoms with Crippen LogP contribution in [0.3, 0.4) is 0 Å². The summed E-state index contributed by atoms with van der Waals surface area (Å²) in [5.74, 6) is -0.614. The molecule has 2 aliphatic heterocycles. The average Bonchev–Trinajstić information content (AvgIpc) is 3.00. The summed E-state index contributed by atoms with van der Waals surface area (Å²) in [6, 6.07) is 15.3. The standard InChI is InChI=1S/C21H23NO4S/c1-14-10-12-17(13-11-14)27(24,25)22-18(16-8-6-5-7-9-16)20(3)19(23)15(2)21(22,4)26-20/h5-13,15,18H,1-4H3/t15-,18+,20+,21+/m0/s1. The summed E-state index contributed by atoms with van der Waals surface area (Å²) in [4.78, 5) is 13.2. The van der Waals surface area contributed by atoms with Crippen LogP contribution in [0.2, 0.25) is 0 Å². The van der Waals surface area contributed by atoms with Gasteiger partial charge < -0.3 is 4.74 Å². The highest BCUT2D eigenvalue weighted by Crippen LogP contribution is 2.60. The molecule has 0 unspecified atom stereocenters. The second kappa shape index (κ2) is 5.74. The number of ether oxygens (including phenoxy) is 1. The molecule has 0 radical (unpaired) electrons. The SMILES string of the molecule is Cc1ccc(S(=O)(=O)N2[C@H](c3ccccc3)[C@@]3(C)O[C@]2(C)[C@@H](C)C3=O)cc1. The fourth-order valence-corrected chi connectivity index (χ4v) is 6.42. The number of hydrogen-bond acceptors (Lipinski definition) is 4. The number of rotatable bonds is 3. The van der Waals surface area contributed by atoms with Crippen LogP contribution in [0.4, 0.5) is 0 Å². The van der Waals surface area contributed by atoms with E-state index in [2.05, 4.69) is 0 Å². The van der Waals surface area contributed by atoms with Crippen LogP contribution in [0.1, 0.15) is 37.9 Å². The van der Waals surface area contributed by atoms with E-state index in [1.54, 1.807) is 45.0 Å². The summed E-state index contributed by atoms with van der Waals surface area (Å²) in [5, 5.41) is 0. The Balaban J connectivity index is 1.94. The van der Waals surface area contributed by atoms with Gasteiger partial charge in [0.05, 0.1) is 16.9 Å². The molecule has 2 heterocycles. The third-order valence-electron chi connectivity index (χ3n) is 5.99. The molecular formula is C21H23NO4S. The minimum Gasteiger partial charge on any atom is -0.343 e. The van der Waals surface area contributed by atoms with Gasteiger partial charge in [0.1, 0.15) is 11.3 Å². The first kappa shape index (κ1) is 18.3. The summed E-state index contributed by atoms with van der Waals surface area (Å²) in [6.45, 7) is 7.06. The Morgan fingerprint density at radius 2 is 1.59 bits per heavy atom. The van der Waals surface area contributed by atoms with E-state index in [4.69, 9.17) is 4.74 Å². The lowest BCUT2D eigenvalue weighted by Gasteiger charge is -2.41. The number of hydrogen-bond donors (Lipinski definition) is 0. The van der Waals surface area contributed by atoms with Crippen LogP contribution in [0, 0.1) is 12.8 Å². The number of sulfonamides is 1. The molecule has 4 rings (SSSR count). The second-order valence-electron chi connectivity index (χ2n) is 7.78. The highest BCUT2D eigenvalue weighted by molar-refractivity contribution is 7.89. The summed E-state index contributed by atoms with van der Waals surface area (Å²) >= 11 is 0. The van der Waals surface area contributed by atoms with Gasteiger partial charge in [-0.2, -0.15) is 4.31 Å². The van der Waals surface area contributed by atoms with E-state index in [1.807, 2.05) is 37.3 Å². The molecule has 0 aliphatic carbocycles. The first-order valence-electron chi connectivity index (χ1n) is 9.03. The van der Waals surface area contributed by atoms with Gasteiger partial charge >= 0.3 is 0 Å². The molecule has 2 bridgehead atoms. The van der Waals surface area contributed by atoms with Crippen molar-refractivity contribution in [2.45, 2.75) is 50.0 Å². The van der Waals surface area contributed by atoms with Crippen LogP contribution in [0.25, 0.3) is 0 Å². The fourth-order valence-electron chi connectivity index (χ4n) is 4.44. The highest BCUT2D eigenvalue weighted by Gasteiger charge is 2.73. The number of carbonyl (C=O) groups is 1. The molecule has 0 N–H and O–H groups in total.